The van der Waals surface area contributed by atoms with Gasteiger partial charge >= 0.3 is 0 Å². The van der Waals surface area contributed by atoms with E-state index in [4.69, 9.17) is 18.9 Å². The lowest BCUT2D eigenvalue weighted by molar-refractivity contribution is -0.116. The van der Waals surface area contributed by atoms with E-state index in [1.54, 1.807) is 43.5 Å². The van der Waals surface area contributed by atoms with Crippen molar-refractivity contribution in [3.05, 3.63) is 66.7 Å². The van der Waals surface area contributed by atoms with Gasteiger partial charge in [-0.25, -0.2) is 8.42 Å². The third-order valence-electron chi connectivity index (χ3n) is 4.98. The molecule has 0 heterocycles. The molecule has 0 aliphatic carbocycles. The van der Waals surface area contributed by atoms with Crippen molar-refractivity contribution in [1.29, 1.82) is 0 Å². The van der Waals surface area contributed by atoms with Gasteiger partial charge in [0.25, 0.3) is 10.0 Å². The second-order valence-corrected chi connectivity index (χ2v) is 9.05. The molecule has 0 aliphatic heterocycles. The molecule has 1 amide bonds. The number of carbonyl (C=O) groups is 1. The summed E-state index contributed by atoms with van der Waals surface area (Å²) in [7, 11) is 0.642. The fourth-order valence-electron chi connectivity index (χ4n) is 3.13. The molecule has 9 nitrogen and oxygen atoms in total. The van der Waals surface area contributed by atoms with E-state index in [9.17, 15) is 13.2 Å². The summed E-state index contributed by atoms with van der Waals surface area (Å²) in [6.07, 6.45) is 0.782. The van der Waals surface area contributed by atoms with Crippen LogP contribution in [0.25, 0.3) is 0 Å². The summed E-state index contributed by atoms with van der Waals surface area (Å²) in [6.45, 7) is 0.385. The van der Waals surface area contributed by atoms with Crippen LogP contribution in [-0.2, 0) is 14.8 Å². The largest absolute Gasteiger partial charge is 0.497 e. The number of amides is 1. The van der Waals surface area contributed by atoms with E-state index in [0.29, 0.717) is 36.0 Å². The monoisotopic (exact) mass is 500 g/mol. The van der Waals surface area contributed by atoms with Crippen molar-refractivity contribution in [3.8, 4) is 23.0 Å². The predicted molar refractivity (Wildman–Crippen MR) is 133 cm³/mol. The molecule has 0 saturated heterocycles. The molecule has 3 rings (SSSR count). The second kappa shape index (κ2) is 12.0. The highest BCUT2D eigenvalue weighted by Gasteiger charge is 2.17. The van der Waals surface area contributed by atoms with Crippen molar-refractivity contribution < 1.29 is 32.2 Å². The Hall–Kier alpha value is -3.92. The van der Waals surface area contributed by atoms with Gasteiger partial charge in [-0.2, -0.15) is 0 Å². The predicted octanol–water partition coefficient (Wildman–Crippen LogP) is 4.31. The zero-order valence-electron chi connectivity index (χ0n) is 19.7. The first-order valence-electron chi connectivity index (χ1n) is 10.8. The molecule has 0 aliphatic rings. The van der Waals surface area contributed by atoms with Gasteiger partial charge in [-0.1, -0.05) is 0 Å². The smallest absolute Gasteiger partial charge is 0.262 e. The third kappa shape index (κ3) is 7.28. The molecule has 0 saturated carbocycles. The number of ether oxygens (including phenoxy) is 4. The Kier molecular flexibility index (Phi) is 8.80. The van der Waals surface area contributed by atoms with Crippen molar-refractivity contribution in [1.82, 2.24) is 0 Å². The van der Waals surface area contributed by atoms with Gasteiger partial charge in [0.1, 0.15) is 23.0 Å². The van der Waals surface area contributed by atoms with Gasteiger partial charge in [0.2, 0.25) is 5.91 Å². The van der Waals surface area contributed by atoms with E-state index in [-0.39, 0.29) is 22.9 Å². The molecule has 186 valence electrons. The van der Waals surface area contributed by atoms with Gasteiger partial charge in [-0.15, -0.1) is 0 Å². The number of methoxy groups -OCH3 is 3. The van der Waals surface area contributed by atoms with Crippen molar-refractivity contribution in [2.45, 2.75) is 17.7 Å². The summed E-state index contributed by atoms with van der Waals surface area (Å²) < 4.78 is 49.2. The molecule has 0 atom stereocenters. The molecule has 2 N–H and O–H groups in total. The Bertz CT molecular complexity index is 1230. The minimum atomic E-state index is -3.89. The molecule has 0 fully saturated rings. The number of anilines is 2. The number of benzene rings is 3. The minimum absolute atomic E-state index is 0.0354. The fraction of sp³-hybridized carbons (Fsp3) is 0.240. The second-order valence-electron chi connectivity index (χ2n) is 7.37. The van der Waals surface area contributed by atoms with Gasteiger partial charge in [0, 0.05) is 18.2 Å². The zero-order valence-corrected chi connectivity index (χ0v) is 20.6. The summed E-state index contributed by atoms with van der Waals surface area (Å²) in [5, 5.41) is 2.75. The average Bonchev–Trinajstić information content (AvgIpc) is 2.87. The van der Waals surface area contributed by atoms with Gasteiger partial charge in [0.15, 0.2) is 0 Å². The highest BCUT2D eigenvalue weighted by Crippen LogP contribution is 2.31. The lowest BCUT2D eigenvalue weighted by Crippen LogP contribution is -2.15. The summed E-state index contributed by atoms with van der Waals surface area (Å²) in [5.74, 6) is 2.08. The van der Waals surface area contributed by atoms with E-state index in [0.717, 1.165) is 5.75 Å². The first kappa shape index (κ1) is 25.7. The minimum Gasteiger partial charge on any atom is -0.497 e. The first-order chi connectivity index (χ1) is 16.8. The third-order valence-corrected chi connectivity index (χ3v) is 6.36. The lowest BCUT2D eigenvalue weighted by Gasteiger charge is -2.13. The first-order valence-corrected chi connectivity index (χ1v) is 12.2. The van der Waals surface area contributed by atoms with Crippen LogP contribution in [0.2, 0.25) is 0 Å². The molecule has 0 aromatic heterocycles. The van der Waals surface area contributed by atoms with Gasteiger partial charge in [-0.05, 0) is 67.1 Å². The number of hydrogen-bond donors (Lipinski definition) is 2. The maximum Gasteiger partial charge on any atom is 0.262 e. The highest BCUT2D eigenvalue weighted by atomic mass is 32.2. The van der Waals surface area contributed by atoms with Crippen LogP contribution in [0.5, 0.6) is 23.0 Å². The van der Waals surface area contributed by atoms with Crippen LogP contribution in [0.4, 0.5) is 11.4 Å². The number of carbonyl (C=O) groups excluding carboxylic acids is 1. The van der Waals surface area contributed by atoms with Gasteiger partial charge < -0.3 is 24.3 Å². The van der Waals surface area contributed by atoms with Crippen LogP contribution in [0.15, 0.2) is 71.6 Å². The van der Waals surface area contributed by atoms with E-state index < -0.39 is 10.0 Å². The molecule has 0 bridgehead atoms. The van der Waals surface area contributed by atoms with Crippen molar-refractivity contribution in [2.24, 2.45) is 0 Å². The number of sulfonamides is 1. The Morgan fingerprint density at radius 2 is 1.43 bits per heavy atom. The maximum absolute atomic E-state index is 12.8. The topological polar surface area (TPSA) is 112 Å². The lowest BCUT2D eigenvalue weighted by atomic mass is 10.2. The molecule has 35 heavy (non-hydrogen) atoms. The molecular weight excluding hydrogens is 472 g/mol. The standard InChI is InChI=1S/C25H28N2O7S/c1-31-19-8-10-20(11-9-19)34-16-4-5-25(28)26-18-6-13-22(14-7-18)35(29,30)27-23-17-21(32-2)12-15-24(23)33-3/h6-15,17,27H,4-5,16H2,1-3H3,(H,26,28). The number of nitrogens with one attached hydrogen (secondary N) is 2. The van der Waals surface area contributed by atoms with Gasteiger partial charge in [0.05, 0.1) is 38.5 Å². The van der Waals surface area contributed by atoms with Crippen LogP contribution >= 0.6 is 0 Å². The Balaban J connectivity index is 1.52. The molecule has 0 spiro atoms. The van der Waals surface area contributed by atoms with E-state index in [1.807, 2.05) is 0 Å². The highest BCUT2D eigenvalue weighted by molar-refractivity contribution is 7.92. The van der Waals surface area contributed by atoms with Crippen LogP contribution < -0.4 is 29.0 Å². The normalized spacial score (nSPS) is 10.8. The summed E-state index contributed by atoms with van der Waals surface area (Å²) in [5.41, 5.74) is 0.741. The number of hydrogen-bond acceptors (Lipinski definition) is 7. The van der Waals surface area contributed by atoms with Crippen molar-refractivity contribution in [2.75, 3.05) is 38.0 Å². The Morgan fingerprint density at radius 1 is 0.800 bits per heavy atom. The maximum atomic E-state index is 12.8. The molecule has 0 unspecified atom stereocenters. The summed E-state index contributed by atoms with van der Waals surface area (Å²) in [4.78, 5) is 12.3. The van der Waals surface area contributed by atoms with Crippen LogP contribution in [-0.4, -0.2) is 42.3 Å². The van der Waals surface area contributed by atoms with Crippen LogP contribution in [0.3, 0.4) is 0 Å². The van der Waals surface area contributed by atoms with Gasteiger partial charge in [-0.3, -0.25) is 9.52 Å². The molecule has 10 heteroatoms. The summed E-state index contributed by atoms with van der Waals surface area (Å²) in [6, 6.07) is 17.9. The fourth-order valence-corrected chi connectivity index (χ4v) is 4.19. The average molecular weight is 501 g/mol. The van der Waals surface area contributed by atoms with E-state index >= 15 is 0 Å². The van der Waals surface area contributed by atoms with E-state index in [1.165, 1.54) is 44.6 Å². The SMILES string of the molecule is COc1ccc(OCCCC(=O)Nc2ccc(S(=O)(=O)Nc3cc(OC)ccc3OC)cc2)cc1. The van der Waals surface area contributed by atoms with Crippen molar-refractivity contribution in [3.63, 3.8) is 0 Å². The Morgan fingerprint density at radius 3 is 2.06 bits per heavy atom. The van der Waals surface area contributed by atoms with Crippen molar-refractivity contribution >= 4 is 27.3 Å². The van der Waals surface area contributed by atoms with E-state index in [2.05, 4.69) is 10.0 Å². The quantitative estimate of drug-likeness (QED) is 0.356. The molecule has 3 aromatic carbocycles. The van der Waals surface area contributed by atoms with Crippen LogP contribution in [0.1, 0.15) is 12.8 Å². The number of rotatable bonds is 12. The molecule has 0 radical (unpaired) electrons. The molecular formula is C25H28N2O7S. The Labute approximate surface area is 205 Å². The zero-order chi connectivity index (χ0) is 25.3. The summed E-state index contributed by atoms with van der Waals surface area (Å²) >= 11 is 0. The van der Waals surface area contributed by atoms with Crippen LogP contribution in [0, 0.1) is 0 Å². The molecule has 3 aromatic rings.